The van der Waals surface area contributed by atoms with Gasteiger partial charge in [-0.15, -0.1) is 0 Å². The molecule has 130 valence electrons. The number of hydrogen-bond acceptors (Lipinski definition) is 7. The van der Waals surface area contributed by atoms with Gasteiger partial charge >= 0.3 is 5.97 Å². The molecule has 0 spiro atoms. The van der Waals surface area contributed by atoms with E-state index in [9.17, 15) is 28.2 Å². The molecular weight excluding hydrogens is 328 g/mol. The van der Waals surface area contributed by atoms with Gasteiger partial charge in [0.25, 0.3) is 0 Å². The van der Waals surface area contributed by atoms with Crippen LogP contribution in [-0.4, -0.2) is 65.2 Å². The van der Waals surface area contributed by atoms with Crippen LogP contribution in [0.3, 0.4) is 0 Å². The van der Waals surface area contributed by atoms with Gasteiger partial charge in [-0.2, -0.15) is 0 Å². The third-order valence-electron chi connectivity index (χ3n) is 4.34. The number of amides is 1. The summed E-state index contributed by atoms with van der Waals surface area (Å²) in [6.45, 7) is 2.66. The lowest BCUT2D eigenvalue weighted by atomic mass is 9.83. The molecule has 0 aromatic rings. The van der Waals surface area contributed by atoms with E-state index in [1.165, 1.54) is 13.8 Å². The van der Waals surface area contributed by atoms with Crippen LogP contribution in [0, 0.1) is 5.92 Å². The summed E-state index contributed by atoms with van der Waals surface area (Å²) in [7, 11) is -3.67. The molecule has 4 N–H and O–H groups in total. The molecule has 1 amide bonds. The number of sulfone groups is 1. The van der Waals surface area contributed by atoms with Crippen LogP contribution in [0.1, 0.15) is 20.3 Å². The summed E-state index contributed by atoms with van der Waals surface area (Å²) >= 11 is 0. The first-order valence-electron chi connectivity index (χ1n) is 7.11. The minimum Gasteiger partial charge on any atom is -0.477 e. The quantitative estimate of drug-likeness (QED) is 0.377. The van der Waals surface area contributed by atoms with Crippen LogP contribution < -0.4 is 5.90 Å². The van der Waals surface area contributed by atoms with Gasteiger partial charge < -0.3 is 20.0 Å². The number of fused-ring (bicyclic) bond motifs is 1. The highest BCUT2D eigenvalue weighted by Gasteiger charge is 2.56. The Morgan fingerprint density at radius 2 is 2.09 bits per heavy atom. The topological polar surface area (TPSA) is 147 Å². The van der Waals surface area contributed by atoms with Crippen LogP contribution >= 0.6 is 0 Å². The number of nitrogens with zero attached hydrogens (tertiary/aromatic N) is 1. The lowest BCUT2D eigenvalue weighted by Gasteiger charge is -2.44. The summed E-state index contributed by atoms with van der Waals surface area (Å²) < 4.78 is 24.5. The average molecular weight is 348 g/mol. The first-order valence-corrected chi connectivity index (χ1v) is 8.83. The maximum atomic E-state index is 12.3. The average Bonchev–Trinajstić information content (AvgIpc) is 2.72. The number of carboxylic acid groups (broad SMARTS) is 1. The molecule has 0 saturated carbocycles. The molecule has 23 heavy (non-hydrogen) atoms. The van der Waals surface area contributed by atoms with Crippen molar-refractivity contribution in [1.82, 2.24) is 4.90 Å². The maximum Gasteiger partial charge on any atom is 0.352 e. The first-order chi connectivity index (χ1) is 10.6. The fraction of sp³-hybridized carbons (Fsp3) is 0.692. The molecule has 4 unspecified atom stereocenters. The SMILES string of the molecule is CC(O)C1C(=O)N2C(C(=O)O)=C(CS(=O)(=O)C(C)CON)CC12. The summed E-state index contributed by atoms with van der Waals surface area (Å²) in [5, 5.41) is 18.1. The van der Waals surface area contributed by atoms with E-state index >= 15 is 0 Å². The summed E-state index contributed by atoms with van der Waals surface area (Å²) in [4.78, 5) is 28.9. The van der Waals surface area contributed by atoms with Gasteiger partial charge in [-0.3, -0.25) is 4.79 Å². The molecule has 0 aromatic carbocycles. The number of carbonyl (C=O) groups is 2. The minimum atomic E-state index is -3.67. The zero-order valence-corrected chi connectivity index (χ0v) is 13.6. The van der Waals surface area contributed by atoms with Crippen molar-refractivity contribution in [3.05, 3.63) is 11.3 Å². The van der Waals surface area contributed by atoms with Crippen molar-refractivity contribution in [3.63, 3.8) is 0 Å². The van der Waals surface area contributed by atoms with E-state index in [1.807, 2.05) is 0 Å². The lowest BCUT2D eigenvalue weighted by molar-refractivity contribution is -0.161. The standard InChI is InChI=1S/C13H20N2O7S/c1-6(4-22-14)23(20,21)5-8-3-9-10(7(2)16)12(17)15(9)11(8)13(18)19/h6-7,9-10,16H,3-5,14H2,1-2H3,(H,18,19). The second kappa shape index (κ2) is 6.19. The Kier molecular flexibility index (Phi) is 4.81. The van der Waals surface area contributed by atoms with Gasteiger partial charge in [-0.1, -0.05) is 0 Å². The lowest BCUT2D eigenvalue weighted by Crippen LogP contribution is -2.61. The second-order valence-corrected chi connectivity index (χ2v) is 8.37. The van der Waals surface area contributed by atoms with Crippen LogP contribution in [0.25, 0.3) is 0 Å². The van der Waals surface area contributed by atoms with Crippen molar-refractivity contribution >= 4 is 21.7 Å². The van der Waals surface area contributed by atoms with Crippen molar-refractivity contribution in [2.75, 3.05) is 12.4 Å². The van der Waals surface area contributed by atoms with Gasteiger partial charge in [-0.25, -0.2) is 19.1 Å². The maximum absolute atomic E-state index is 12.3. The largest absolute Gasteiger partial charge is 0.477 e. The number of nitrogens with two attached hydrogens (primary N) is 1. The van der Waals surface area contributed by atoms with E-state index in [2.05, 4.69) is 4.84 Å². The molecule has 0 aromatic heterocycles. The molecular formula is C13H20N2O7S. The number of β-lactam (4-membered cyclic amide) rings is 1. The molecule has 0 bridgehead atoms. The van der Waals surface area contributed by atoms with E-state index in [4.69, 9.17) is 5.90 Å². The van der Waals surface area contributed by atoms with Crippen LogP contribution in [0.4, 0.5) is 0 Å². The highest BCUT2D eigenvalue weighted by atomic mass is 32.2. The fourth-order valence-electron chi connectivity index (χ4n) is 3.11. The number of aliphatic carboxylic acids is 1. The Bertz CT molecular complexity index is 655. The summed E-state index contributed by atoms with van der Waals surface area (Å²) in [5.41, 5.74) is -0.121. The predicted molar refractivity (Wildman–Crippen MR) is 78.5 cm³/mol. The summed E-state index contributed by atoms with van der Waals surface area (Å²) in [5.74, 6) is 1.86. The van der Waals surface area contributed by atoms with E-state index < -0.39 is 50.8 Å². The molecule has 0 radical (unpaired) electrons. The number of aliphatic hydroxyl groups is 1. The second-order valence-electron chi connectivity index (χ2n) is 5.95. The number of rotatable bonds is 7. The van der Waals surface area contributed by atoms with Crippen molar-refractivity contribution in [1.29, 1.82) is 0 Å². The first kappa shape index (κ1) is 17.9. The van der Waals surface area contributed by atoms with E-state index in [1.54, 1.807) is 0 Å². The Balaban J connectivity index is 2.28. The van der Waals surface area contributed by atoms with E-state index in [0.717, 1.165) is 4.90 Å². The molecule has 2 rings (SSSR count). The van der Waals surface area contributed by atoms with Crippen LogP contribution in [0.15, 0.2) is 11.3 Å². The van der Waals surface area contributed by atoms with Gasteiger partial charge in [0.15, 0.2) is 9.84 Å². The van der Waals surface area contributed by atoms with Gasteiger partial charge in [0.05, 0.1) is 35.7 Å². The summed E-state index contributed by atoms with van der Waals surface area (Å²) in [6.07, 6.45) is -0.794. The highest BCUT2D eigenvalue weighted by Crippen LogP contribution is 2.44. The zero-order chi connectivity index (χ0) is 17.5. The monoisotopic (exact) mass is 348 g/mol. The Labute approximate surface area is 133 Å². The Hall–Kier alpha value is -1.49. The molecule has 1 saturated heterocycles. The number of carbonyl (C=O) groups excluding carboxylic acids is 1. The molecule has 0 aliphatic carbocycles. The highest BCUT2D eigenvalue weighted by molar-refractivity contribution is 7.92. The van der Waals surface area contributed by atoms with Crippen molar-refractivity contribution in [2.45, 2.75) is 37.7 Å². The van der Waals surface area contributed by atoms with Gasteiger partial charge in [0, 0.05) is 0 Å². The van der Waals surface area contributed by atoms with Crippen LogP contribution in [0.5, 0.6) is 0 Å². The zero-order valence-electron chi connectivity index (χ0n) is 12.8. The van der Waals surface area contributed by atoms with Crippen molar-refractivity contribution in [3.8, 4) is 0 Å². The number of carboxylic acids is 1. The van der Waals surface area contributed by atoms with E-state index in [-0.39, 0.29) is 24.3 Å². The molecule has 10 heteroatoms. The molecule has 4 atom stereocenters. The summed E-state index contributed by atoms with van der Waals surface area (Å²) in [6, 6.07) is -0.500. The van der Waals surface area contributed by atoms with Crippen LogP contribution in [0.2, 0.25) is 0 Å². The smallest absolute Gasteiger partial charge is 0.352 e. The molecule has 2 heterocycles. The fourth-order valence-corrected chi connectivity index (χ4v) is 4.43. The molecule has 1 fully saturated rings. The van der Waals surface area contributed by atoms with Gasteiger partial charge in [0.1, 0.15) is 5.70 Å². The Morgan fingerprint density at radius 3 is 2.57 bits per heavy atom. The Morgan fingerprint density at radius 1 is 1.48 bits per heavy atom. The molecule has 9 nitrogen and oxygen atoms in total. The van der Waals surface area contributed by atoms with Gasteiger partial charge in [0.2, 0.25) is 5.91 Å². The van der Waals surface area contributed by atoms with Gasteiger partial charge in [-0.05, 0) is 25.8 Å². The van der Waals surface area contributed by atoms with Crippen molar-refractivity contribution < 1.29 is 33.1 Å². The number of aliphatic hydroxyl groups excluding tert-OH is 1. The predicted octanol–water partition coefficient (Wildman–Crippen LogP) is -1.37. The number of hydrogen-bond donors (Lipinski definition) is 3. The third kappa shape index (κ3) is 2.99. The molecule has 2 aliphatic rings. The molecule has 2 aliphatic heterocycles. The normalized spacial score (nSPS) is 26.8. The van der Waals surface area contributed by atoms with E-state index in [0.29, 0.717) is 0 Å². The van der Waals surface area contributed by atoms with Crippen LogP contribution in [-0.2, 0) is 24.3 Å². The minimum absolute atomic E-state index is 0.123. The van der Waals surface area contributed by atoms with Crippen molar-refractivity contribution in [2.24, 2.45) is 11.8 Å². The third-order valence-corrected chi connectivity index (χ3v) is 6.45.